The van der Waals surface area contributed by atoms with Crippen LogP contribution in [0.15, 0.2) is 43.0 Å². The van der Waals surface area contributed by atoms with E-state index in [1.807, 2.05) is 30.7 Å². The van der Waals surface area contributed by atoms with Crippen LogP contribution in [0.3, 0.4) is 0 Å². The fraction of sp³-hybridized carbons (Fsp3) is 0.290. The number of H-pyrrole nitrogens is 1. The number of hydrogen-bond acceptors (Lipinski definition) is 7. The average Bonchev–Trinajstić information content (AvgIpc) is 3.62. The number of carboxylic acids is 1. The monoisotopic (exact) mass is 570 g/mol. The fourth-order valence-electron chi connectivity index (χ4n) is 5.80. The number of fused-ring (bicyclic) bond motifs is 2. The number of nitrogens with zero attached hydrogens (tertiary/aromatic N) is 4. The Labute approximate surface area is 241 Å². The summed E-state index contributed by atoms with van der Waals surface area (Å²) in [5, 5.41) is 24.3. The van der Waals surface area contributed by atoms with Gasteiger partial charge in [0.1, 0.15) is 11.9 Å². The van der Waals surface area contributed by atoms with Gasteiger partial charge in [-0.1, -0.05) is 0 Å². The number of aromatic nitrogens is 5. The highest BCUT2D eigenvalue weighted by molar-refractivity contribution is 6.00. The summed E-state index contributed by atoms with van der Waals surface area (Å²) in [7, 11) is 1.88. The number of imidazole rings is 1. The molecule has 0 bridgehead atoms. The number of nitrogens with one attached hydrogen (secondary N) is 2. The first-order valence-corrected chi connectivity index (χ1v) is 13.7. The van der Waals surface area contributed by atoms with Crippen molar-refractivity contribution in [2.45, 2.75) is 45.9 Å². The number of ether oxygens (including phenoxy) is 1. The second kappa shape index (κ2) is 11.0. The Morgan fingerprint density at radius 1 is 1.29 bits per heavy atom. The second-order valence-electron chi connectivity index (χ2n) is 10.6. The van der Waals surface area contributed by atoms with Crippen molar-refractivity contribution in [3.8, 4) is 28.1 Å². The van der Waals surface area contributed by atoms with Crippen molar-refractivity contribution in [2.24, 2.45) is 7.05 Å². The lowest BCUT2D eigenvalue weighted by Crippen LogP contribution is -2.21. The van der Waals surface area contributed by atoms with Gasteiger partial charge in [0.05, 0.1) is 30.7 Å². The van der Waals surface area contributed by atoms with Gasteiger partial charge in [0.15, 0.2) is 11.6 Å². The van der Waals surface area contributed by atoms with E-state index in [2.05, 4.69) is 20.3 Å². The van der Waals surface area contributed by atoms with Crippen LogP contribution in [0.2, 0.25) is 0 Å². The smallest absolute Gasteiger partial charge is 0.307 e. The third kappa shape index (κ3) is 4.90. The van der Waals surface area contributed by atoms with Crippen LogP contribution in [-0.2, 0) is 31.2 Å². The predicted molar refractivity (Wildman–Crippen MR) is 154 cm³/mol. The Balaban J connectivity index is 1.50. The van der Waals surface area contributed by atoms with Crippen LogP contribution in [0.4, 0.5) is 4.39 Å². The summed E-state index contributed by atoms with van der Waals surface area (Å²) in [6, 6.07) is 7.03. The Morgan fingerprint density at radius 3 is 2.88 bits per heavy atom. The molecule has 1 aromatic carbocycles. The van der Waals surface area contributed by atoms with Crippen molar-refractivity contribution in [1.82, 2.24) is 29.8 Å². The van der Waals surface area contributed by atoms with Crippen LogP contribution in [0.25, 0.3) is 33.4 Å². The SMILES string of the molecule is Cc1nc2c(cc(-c3ccnc(C(O)NCc4cnc[nH]4)c3)n2C)c(-c2cc(F)c3c(c2C)CCCO3)c1CC(=O)O. The van der Waals surface area contributed by atoms with Gasteiger partial charge in [-0.3, -0.25) is 15.1 Å². The molecule has 0 aliphatic carbocycles. The molecule has 6 rings (SSSR count). The molecule has 5 aromatic rings. The molecule has 1 atom stereocenters. The van der Waals surface area contributed by atoms with Crippen molar-refractivity contribution >= 4 is 17.0 Å². The third-order valence-corrected chi connectivity index (χ3v) is 7.91. The van der Waals surface area contributed by atoms with Crippen LogP contribution in [-0.4, -0.2) is 47.3 Å². The van der Waals surface area contributed by atoms with E-state index in [-0.39, 0.29) is 12.2 Å². The molecule has 0 radical (unpaired) electrons. The van der Waals surface area contributed by atoms with Crippen LogP contribution in [0.1, 0.15) is 46.4 Å². The van der Waals surface area contributed by atoms with Crippen molar-refractivity contribution in [3.63, 3.8) is 0 Å². The molecule has 11 heteroatoms. The maximum absolute atomic E-state index is 15.4. The molecule has 42 heavy (non-hydrogen) atoms. The summed E-state index contributed by atoms with van der Waals surface area (Å²) in [5.74, 6) is -1.17. The van der Waals surface area contributed by atoms with Gasteiger partial charge < -0.3 is 24.5 Å². The van der Waals surface area contributed by atoms with Gasteiger partial charge >= 0.3 is 5.97 Å². The number of hydrogen-bond donors (Lipinski definition) is 4. The molecule has 0 saturated heterocycles. The van der Waals surface area contributed by atoms with E-state index < -0.39 is 18.0 Å². The molecule has 216 valence electrons. The van der Waals surface area contributed by atoms with Gasteiger partial charge in [0.25, 0.3) is 0 Å². The number of benzene rings is 1. The number of aliphatic hydroxyl groups is 1. The van der Waals surface area contributed by atoms with E-state index >= 15 is 4.39 Å². The molecule has 0 saturated carbocycles. The van der Waals surface area contributed by atoms with Crippen LogP contribution in [0.5, 0.6) is 5.75 Å². The molecule has 1 aliphatic heterocycles. The second-order valence-corrected chi connectivity index (χ2v) is 10.6. The van der Waals surface area contributed by atoms with E-state index in [4.69, 9.17) is 9.72 Å². The summed E-state index contributed by atoms with van der Waals surface area (Å²) in [6.07, 6.45) is 5.06. The number of rotatable bonds is 8. The van der Waals surface area contributed by atoms with Crippen LogP contribution < -0.4 is 10.1 Å². The lowest BCUT2D eigenvalue weighted by molar-refractivity contribution is -0.136. The molecule has 1 aliphatic rings. The van der Waals surface area contributed by atoms with Gasteiger partial charge in [0.2, 0.25) is 0 Å². The first-order chi connectivity index (χ1) is 20.2. The summed E-state index contributed by atoms with van der Waals surface area (Å²) in [4.78, 5) is 28.1. The van der Waals surface area contributed by atoms with Gasteiger partial charge in [0, 0.05) is 53.9 Å². The Bertz CT molecular complexity index is 1810. The van der Waals surface area contributed by atoms with Gasteiger partial charge in [-0.05, 0) is 73.2 Å². The largest absolute Gasteiger partial charge is 0.490 e. The van der Waals surface area contributed by atoms with Crippen molar-refractivity contribution in [3.05, 3.63) is 82.6 Å². The highest BCUT2D eigenvalue weighted by Gasteiger charge is 2.26. The van der Waals surface area contributed by atoms with E-state index in [1.54, 1.807) is 31.7 Å². The maximum atomic E-state index is 15.4. The minimum Gasteiger partial charge on any atom is -0.490 e. The predicted octanol–water partition coefficient (Wildman–Crippen LogP) is 4.51. The molecule has 4 N–H and O–H groups in total. The normalized spacial score (nSPS) is 13.6. The number of aliphatic hydroxyl groups excluding tert-OH is 1. The Kier molecular flexibility index (Phi) is 7.21. The molecule has 4 aromatic heterocycles. The van der Waals surface area contributed by atoms with Gasteiger partial charge in [-0.25, -0.2) is 14.4 Å². The lowest BCUT2D eigenvalue weighted by atomic mass is 9.87. The van der Waals surface area contributed by atoms with Gasteiger partial charge in [-0.15, -0.1) is 0 Å². The molecule has 0 spiro atoms. The zero-order valence-electron chi connectivity index (χ0n) is 23.5. The highest BCUT2D eigenvalue weighted by atomic mass is 19.1. The topological polar surface area (TPSA) is 138 Å². The summed E-state index contributed by atoms with van der Waals surface area (Å²) < 4.78 is 23.0. The zero-order chi connectivity index (χ0) is 29.5. The number of carbonyl (C=O) groups is 1. The van der Waals surface area contributed by atoms with Crippen LogP contribution >= 0.6 is 0 Å². The molecular weight excluding hydrogens is 539 g/mol. The number of aryl methyl sites for hydroxylation is 2. The van der Waals surface area contributed by atoms with Crippen molar-refractivity contribution in [2.75, 3.05) is 6.61 Å². The standard InChI is InChI=1S/C31H31FN6O4/c1-16-20-5-4-8-42-29(20)24(32)10-21(16)28-22(12-27(39)40)17(2)37-30-23(28)11-26(38(30)3)18-6-7-34-25(9-18)31(41)35-14-19-13-33-15-36-19/h6-7,9-11,13,15,31,35,41H,4-5,8,12,14H2,1-3H3,(H,33,36)(H,39,40). The molecule has 1 unspecified atom stereocenters. The average molecular weight is 571 g/mol. The number of pyridine rings is 2. The Hall–Kier alpha value is -4.61. The minimum atomic E-state index is -1.02. The van der Waals surface area contributed by atoms with Crippen LogP contribution in [0, 0.1) is 19.7 Å². The van der Waals surface area contributed by atoms with E-state index in [0.29, 0.717) is 58.7 Å². The first kappa shape index (κ1) is 27.6. The minimum absolute atomic E-state index is 0.253. The number of halogens is 1. The highest BCUT2D eigenvalue weighted by Crippen LogP contribution is 2.43. The van der Waals surface area contributed by atoms with E-state index in [0.717, 1.165) is 34.5 Å². The van der Waals surface area contributed by atoms with Crippen molar-refractivity contribution < 1.29 is 24.1 Å². The molecule has 0 amide bonds. The Morgan fingerprint density at radius 2 is 2.12 bits per heavy atom. The third-order valence-electron chi connectivity index (χ3n) is 7.91. The number of carboxylic acid groups (broad SMARTS) is 1. The molecule has 5 heterocycles. The van der Waals surface area contributed by atoms with Crippen molar-refractivity contribution in [1.29, 1.82) is 0 Å². The lowest BCUT2D eigenvalue weighted by Gasteiger charge is -2.23. The summed E-state index contributed by atoms with van der Waals surface area (Å²) in [5.41, 5.74) is 7.54. The zero-order valence-corrected chi connectivity index (χ0v) is 23.5. The quantitative estimate of drug-likeness (QED) is 0.200. The van der Waals surface area contributed by atoms with Gasteiger partial charge in [-0.2, -0.15) is 0 Å². The van der Waals surface area contributed by atoms with E-state index in [1.165, 1.54) is 6.07 Å². The number of aliphatic carboxylic acids is 1. The number of aromatic amines is 1. The summed E-state index contributed by atoms with van der Waals surface area (Å²) >= 11 is 0. The molecule has 0 fully saturated rings. The summed E-state index contributed by atoms with van der Waals surface area (Å²) in [6.45, 7) is 4.56. The molecular formula is C31H31FN6O4. The fourth-order valence-corrected chi connectivity index (χ4v) is 5.80. The molecule has 10 nitrogen and oxygen atoms in total. The van der Waals surface area contributed by atoms with E-state index in [9.17, 15) is 15.0 Å². The maximum Gasteiger partial charge on any atom is 0.307 e. The first-order valence-electron chi connectivity index (χ1n) is 13.7.